The van der Waals surface area contributed by atoms with Crippen molar-refractivity contribution in [3.8, 4) is 0 Å². The number of carboxylic acid groups (broad SMARTS) is 1. The van der Waals surface area contributed by atoms with Gasteiger partial charge < -0.3 is 15.3 Å². The van der Waals surface area contributed by atoms with Crippen molar-refractivity contribution >= 4 is 33.6 Å². The third kappa shape index (κ3) is 6.13. The van der Waals surface area contributed by atoms with Gasteiger partial charge in [0.1, 0.15) is 0 Å². The fourth-order valence-corrected chi connectivity index (χ4v) is 4.01. The summed E-state index contributed by atoms with van der Waals surface area (Å²) in [6, 6.07) is -1.18. The number of rotatable bonds is 6. The maximum atomic E-state index is 12.1. The second-order valence-electron chi connectivity index (χ2n) is 5.13. The molecular formula is C12H22N2O5S2. The molecule has 0 aromatic rings. The molecule has 0 spiro atoms. The third-order valence-electron chi connectivity index (χ3n) is 3.43. The Labute approximate surface area is 129 Å². The Hall–Kier alpha value is -0.960. The van der Waals surface area contributed by atoms with E-state index in [9.17, 15) is 18.0 Å². The lowest BCUT2D eigenvalue weighted by atomic mass is 10.2. The van der Waals surface area contributed by atoms with Gasteiger partial charge >= 0.3 is 12.0 Å². The van der Waals surface area contributed by atoms with E-state index < -0.39 is 21.8 Å². The molecule has 122 valence electrons. The number of sulfone groups is 1. The summed E-state index contributed by atoms with van der Waals surface area (Å²) in [4.78, 5) is 24.3. The summed E-state index contributed by atoms with van der Waals surface area (Å²) in [7, 11) is -3.27. The summed E-state index contributed by atoms with van der Waals surface area (Å²) in [5.41, 5.74) is 0. The summed E-state index contributed by atoms with van der Waals surface area (Å²) < 4.78 is 23.2. The van der Waals surface area contributed by atoms with Crippen molar-refractivity contribution in [1.29, 1.82) is 0 Å². The van der Waals surface area contributed by atoms with Gasteiger partial charge in [-0.1, -0.05) is 6.92 Å². The second kappa shape index (κ2) is 7.88. The van der Waals surface area contributed by atoms with Crippen LogP contribution in [0.5, 0.6) is 0 Å². The van der Waals surface area contributed by atoms with Gasteiger partial charge in [0.05, 0.1) is 24.0 Å². The predicted molar refractivity (Wildman–Crippen MR) is 82.4 cm³/mol. The molecule has 2 N–H and O–H groups in total. The second-order valence-corrected chi connectivity index (χ2v) is 8.63. The molecule has 0 radical (unpaired) electrons. The molecule has 1 aliphatic rings. The zero-order valence-electron chi connectivity index (χ0n) is 12.2. The van der Waals surface area contributed by atoms with E-state index in [0.717, 1.165) is 6.42 Å². The van der Waals surface area contributed by atoms with Crippen molar-refractivity contribution in [2.75, 3.05) is 30.9 Å². The van der Waals surface area contributed by atoms with Gasteiger partial charge in [-0.25, -0.2) is 13.2 Å². The molecule has 2 unspecified atom stereocenters. The topological polar surface area (TPSA) is 104 Å². The molecule has 0 saturated carbocycles. The first-order valence-corrected chi connectivity index (χ1v) is 9.85. The molecule has 1 rings (SSSR count). The van der Waals surface area contributed by atoms with E-state index in [1.165, 1.54) is 4.90 Å². The standard InChI is InChI=1S/C12H22N2O5S2/c1-9(20-2)3-4-13-12(17)14-5-6-21(18,19)8-10(14)7-11(15)16/h9-10H,3-8H2,1-2H3,(H,13,17)(H,15,16). The van der Waals surface area contributed by atoms with E-state index in [4.69, 9.17) is 5.11 Å². The summed E-state index contributed by atoms with van der Waals surface area (Å²) in [6.07, 6.45) is 2.45. The smallest absolute Gasteiger partial charge is 0.317 e. The third-order valence-corrected chi connectivity index (χ3v) is 6.17. The number of aliphatic carboxylic acids is 1. The average Bonchev–Trinajstić information content (AvgIpc) is 2.36. The van der Waals surface area contributed by atoms with Crippen molar-refractivity contribution in [3.63, 3.8) is 0 Å². The van der Waals surface area contributed by atoms with Crippen molar-refractivity contribution in [3.05, 3.63) is 0 Å². The quantitative estimate of drug-likeness (QED) is 0.727. The number of nitrogens with zero attached hydrogens (tertiary/aromatic N) is 1. The maximum absolute atomic E-state index is 12.1. The number of hydrogen-bond acceptors (Lipinski definition) is 5. The molecule has 2 atom stereocenters. The number of thioether (sulfide) groups is 1. The molecule has 0 bridgehead atoms. The van der Waals surface area contributed by atoms with E-state index in [1.54, 1.807) is 11.8 Å². The highest BCUT2D eigenvalue weighted by atomic mass is 32.2. The Morgan fingerprint density at radius 1 is 1.48 bits per heavy atom. The highest BCUT2D eigenvalue weighted by Gasteiger charge is 2.35. The van der Waals surface area contributed by atoms with Crippen LogP contribution in [0.4, 0.5) is 4.79 Å². The summed E-state index contributed by atoms with van der Waals surface area (Å²) >= 11 is 1.70. The molecule has 1 fully saturated rings. The van der Waals surface area contributed by atoms with Gasteiger partial charge in [-0.05, 0) is 12.7 Å². The molecule has 9 heteroatoms. The van der Waals surface area contributed by atoms with Crippen LogP contribution < -0.4 is 5.32 Å². The zero-order chi connectivity index (χ0) is 16.0. The molecule has 21 heavy (non-hydrogen) atoms. The van der Waals surface area contributed by atoms with Crippen LogP contribution in [0.3, 0.4) is 0 Å². The van der Waals surface area contributed by atoms with E-state index in [-0.39, 0.29) is 30.5 Å². The first-order chi connectivity index (χ1) is 9.75. The van der Waals surface area contributed by atoms with Gasteiger partial charge in [-0.2, -0.15) is 11.8 Å². The monoisotopic (exact) mass is 338 g/mol. The van der Waals surface area contributed by atoms with Crippen LogP contribution in [0.1, 0.15) is 19.8 Å². The van der Waals surface area contributed by atoms with Crippen molar-refractivity contribution in [1.82, 2.24) is 10.2 Å². The molecule has 1 heterocycles. The molecule has 0 aromatic carbocycles. The van der Waals surface area contributed by atoms with Crippen LogP contribution in [0.2, 0.25) is 0 Å². The average molecular weight is 338 g/mol. The molecule has 0 aromatic heterocycles. The summed E-state index contributed by atoms with van der Waals surface area (Å²) in [5, 5.41) is 12.0. The van der Waals surface area contributed by atoms with Crippen LogP contribution in [0.25, 0.3) is 0 Å². The Bertz CT molecular complexity index is 480. The lowest BCUT2D eigenvalue weighted by molar-refractivity contribution is -0.138. The zero-order valence-corrected chi connectivity index (χ0v) is 13.9. The van der Waals surface area contributed by atoms with Gasteiger partial charge in [0, 0.05) is 18.3 Å². The molecule has 1 saturated heterocycles. The fourth-order valence-electron chi connectivity index (χ4n) is 2.13. The minimum Gasteiger partial charge on any atom is -0.481 e. The highest BCUT2D eigenvalue weighted by molar-refractivity contribution is 7.99. The summed E-state index contributed by atoms with van der Waals surface area (Å²) in [6.45, 7) is 2.59. The van der Waals surface area contributed by atoms with E-state index >= 15 is 0 Å². The van der Waals surface area contributed by atoms with Gasteiger partial charge in [-0.3, -0.25) is 4.79 Å². The summed E-state index contributed by atoms with van der Waals surface area (Å²) in [5.74, 6) is -1.50. The minimum absolute atomic E-state index is 0.0458. The first kappa shape index (κ1) is 18.1. The van der Waals surface area contributed by atoms with Crippen LogP contribution in [-0.2, 0) is 14.6 Å². The lowest BCUT2D eigenvalue weighted by Crippen LogP contribution is -2.55. The molecule has 1 aliphatic heterocycles. The Balaban J connectivity index is 2.60. The predicted octanol–water partition coefficient (Wildman–Crippen LogP) is 0.411. The number of carbonyl (C=O) groups is 2. The van der Waals surface area contributed by atoms with Gasteiger partial charge in [-0.15, -0.1) is 0 Å². The fraction of sp³-hybridized carbons (Fsp3) is 0.833. The van der Waals surface area contributed by atoms with Gasteiger partial charge in [0.25, 0.3) is 0 Å². The van der Waals surface area contributed by atoms with E-state index in [1.807, 2.05) is 6.26 Å². The van der Waals surface area contributed by atoms with Crippen LogP contribution >= 0.6 is 11.8 Å². The van der Waals surface area contributed by atoms with Crippen LogP contribution in [-0.4, -0.2) is 72.6 Å². The SMILES string of the molecule is CSC(C)CCNC(=O)N1CCS(=O)(=O)CC1CC(=O)O. The largest absolute Gasteiger partial charge is 0.481 e. The van der Waals surface area contributed by atoms with Crippen molar-refractivity contribution in [2.24, 2.45) is 0 Å². The number of nitrogens with one attached hydrogen (secondary N) is 1. The Kier molecular flexibility index (Phi) is 6.79. The number of hydrogen-bond donors (Lipinski definition) is 2. The van der Waals surface area contributed by atoms with Gasteiger partial charge in [0.2, 0.25) is 0 Å². The minimum atomic E-state index is -3.27. The number of urea groups is 1. The first-order valence-electron chi connectivity index (χ1n) is 6.74. The molecule has 2 amide bonds. The van der Waals surface area contributed by atoms with Crippen molar-refractivity contribution in [2.45, 2.75) is 31.1 Å². The lowest BCUT2D eigenvalue weighted by Gasteiger charge is -2.34. The number of amides is 2. The van der Waals surface area contributed by atoms with E-state index in [0.29, 0.717) is 11.8 Å². The number of carbonyl (C=O) groups excluding carboxylic acids is 1. The Morgan fingerprint density at radius 3 is 2.71 bits per heavy atom. The maximum Gasteiger partial charge on any atom is 0.317 e. The van der Waals surface area contributed by atoms with Crippen LogP contribution in [0, 0.1) is 0 Å². The van der Waals surface area contributed by atoms with E-state index in [2.05, 4.69) is 12.2 Å². The molecule has 0 aliphatic carbocycles. The highest BCUT2D eigenvalue weighted by Crippen LogP contribution is 2.15. The molecular weight excluding hydrogens is 316 g/mol. The Morgan fingerprint density at radius 2 is 2.14 bits per heavy atom. The molecule has 7 nitrogen and oxygen atoms in total. The van der Waals surface area contributed by atoms with Crippen LogP contribution in [0.15, 0.2) is 0 Å². The number of carboxylic acids is 1. The normalized spacial score (nSPS) is 22.6. The van der Waals surface area contributed by atoms with Gasteiger partial charge in [0.15, 0.2) is 9.84 Å². The van der Waals surface area contributed by atoms with Crippen molar-refractivity contribution < 1.29 is 23.1 Å².